The number of amides is 2. The van der Waals surface area contributed by atoms with E-state index in [-0.39, 0.29) is 35.0 Å². The van der Waals surface area contributed by atoms with E-state index in [4.69, 9.17) is 16.3 Å². The molecule has 0 spiro atoms. The smallest absolute Gasteiger partial charge is 0.259 e. The summed E-state index contributed by atoms with van der Waals surface area (Å²) < 4.78 is 5.44. The Labute approximate surface area is 217 Å². The summed E-state index contributed by atoms with van der Waals surface area (Å²) in [5.74, 6) is 0.0359. The van der Waals surface area contributed by atoms with E-state index in [1.807, 2.05) is 6.92 Å². The minimum absolute atomic E-state index is 0.0249. The van der Waals surface area contributed by atoms with Crippen molar-refractivity contribution in [3.05, 3.63) is 51.5 Å². The number of ether oxygens (including phenoxy) is 1. The molecule has 1 saturated carbocycles. The molecule has 0 aromatic carbocycles. The van der Waals surface area contributed by atoms with Crippen molar-refractivity contribution in [2.24, 2.45) is 5.92 Å². The number of aryl methyl sites for hydroxylation is 2. The zero-order chi connectivity index (χ0) is 25.4. The Balaban J connectivity index is 1.33. The van der Waals surface area contributed by atoms with E-state index in [0.717, 1.165) is 16.3 Å². The zero-order valence-corrected chi connectivity index (χ0v) is 21.4. The van der Waals surface area contributed by atoms with Gasteiger partial charge in [0.25, 0.3) is 5.91 Å². The maximum absolute atomic E-state index is 13.3. The highest BCUT2D eigenvalue weighted by molar-refractivity contribution is 7.15. The van der Waals surface area contributed by atoms with Crippen LogP contribution in [0, 0.1) is 12.8 Å². The fourth-order valence-corrected chi connectivity index (χ4v) is 5.84. The Morgan fingerprint density at radius 2 is 2.00 bits per heavy atom. The Kier molecular flexibility index (Phi) is 6.92. The third-order valence-electron chi connectivity index (χ3n) is 6.62. The SMILES string of the molecule is COc1cnc(Cl)cc1-c1cc(C)ncc1C(=O)Nc1nc2c(s1)C[C@H](C(=O)NC1CC(O)C1)CC2. The van der Waals surface area contributed by atoms with Gasteiger partial charge >= 0.3 is 0 Å². The summed E-state index contributed by atoms with van der Waals surface area (Å²) >= 11 is 7.53. The van der Waals surface area contributed by atoms with Gasteiger partial charge < -0.3 is 15.2 Å². The van der Waals surface area contributed by atoms with Gasteiger partial charge in [0.15, 0.2) is 5.13 Å². The molecule has 0 aliphatic heterocycles. The Bertz CT molecular complexity index is 1320. The molecule has 0 saturated heterocycles. The molecule has 3 N–H and O–H groups in total. The van der Waals surface area contributed by atoms with Crippen LogP contribution in [0.25, 0.3) is 11.1 Å². The van der Waals surface area contributed by atoms with Crippen molar-refractivity contribution in [2.75, 3.05) is 12.4 Å². The van der Waals surface area contributed by atoms with Gasteiger partial charge in [-0.15, -0.1) is 11.3 Å². The molecule has 0 unspecified atom stereocenters. The topological polar surface area (TPSA) is 126 Å². The number of halogens is 1. The zero-order valence-electron chi connectivity index (χ0n) is 19.9. The summed E-state index contributed by atoms with van der Waals surface area (Å²) in [6.07, 6.45) is 5.96. The molecule has 1 atom stereocenters. The largest absolute Gasteiger partial charge is 0.494 e. The van der Waals surface area contributed by atoms with Crippen molar-refractivity contribution in [3.63, 3.8) is 0 Å². The number of methoxy groups -OCH3 is 1. The summed E-state index contributed by atoms with van der Waals surface area (Å²) in [4.78, 5) is 40.0. The lowest BCUT2D eigenvalue weighted by atomic mass is 9.86. The monoisotopic (exact) mass is 527 g/mol. The van der Waals surface area contributed by atoms with E-state index in [1.165, 1.54) is 30.8 Å². The van der Waals surface area contributed by atoms with Gasteiger partial charge in [0, 0.05) is 39.9 Å². The van der Waals surface area contributed by atoms with Gasteiger partial charge in [-0.25, -0.2) is 9.97 Å². The van der Waals surface area contributed by atoms with Gasteiger partial charge in [-0.3, -0.25) is 19.9 Å². The minimum Gasteiger partial charge on any atom is -0.494 e. The highest BCUT2D eigenvalue weighted by Gasteiger charge is 2.33. The van der Waals surface area contributed by atoms with Gasteiger partial charge in [0.2, 0.25) is 5.91 Å². The molecular weight excluding hydrogens is 502 g/mol. The molecule has 1 fully saturated rings. The van der Waals surface area contributed by atoms with Crippen LogP contribution in [0.1, 0.15) is 45.9 Å². The summed E-state index contributed by atoms with van der Waals surface area (Å²) in [6.45, 7) is 1.84. The van der Waals surface area contributed by atoms with Crippen molar-refractivity contribution in [3.8, 4) is 16.9 Å². The average Bonchev–Trinajstić information content (AvgIpc) is 3.24. The van der Waals surface area contributed by atoms with Gasteiger partial charge in [0.1, 0.15) is 10.9 Å². The van der Waals surface area contributed by atoms with Crippen LogP contribution in [0.5, 0.6) is 5.75 Å². The van der Waals surface area contributed by atoms with Crippen LogP contribution in [0.2, 0.25) is 5.15 Å². The second-order valence-corrected chi connectivity index (χ2v) is 10.7. The normalized spacial score (nSPS) is 20.7. The number of hydrogen-bond acceptors (Lipinski definition) is 8. The van der Waals surface area contributed by atoms with Crippen molar-refractivity contribution in [2.45, 2.75) is 51.2 Å². The van der Waals surface area contributed by atoms with Crippen LogP contribution in [-0.4, -0.2) is 51.1 Å². The maximum Gasteiger partial charge on any atom is 0.259 e. The summed E-state index contributed by atoms with van der Waals surface area (Å²) in [7, 11) is 1.53. The van der Waals surface area contributed by atoms with Crippen LogP contribution < -0.4 is 15.4 Å². The number of aromatic nitrogens is 3. The molecule has 3 aromatic heterocycles. The molecule has 0 bridgehead atoms. The Morgan fingerprint density at radius 3 is 2.75 bits per heavy atom. The van der Waals surface area contributed by atoms with Gasteiger partial charge in [-0.2, -0.15) is 0 Å². The van der Waals surface area contributed by atoms with Gasteiger partial charge in [0.05, 0.1) is 30.7 Å². The first-order valence-electron chi connectivity index (χ1n) is 11.8. The molecule has 36 heavy (non-hydrogen) atoms. The minimum atomic E-state index is -0.351. The second-order valence-electron chi connectivity index (χ2n) is 9.19. The maximum atomic E-state index is 13.3. The number of carbonyl (C=O) groups excluding carboxylic acids is 2. The number of nitrogens with one attached hydrogen (secondary N) is 2. The quantitative estimate of drug-likeness (QED) is 0.418. The molecule has 9 nitrogen and oxygen atoms in total. The lowest BCUT2D eigenvalue weighted by Gasteiger charge is -2.33. The van der Waals surface area contributed by atoms with Crippen molar-refractivity contribution in [1.29, 1.82) is 0 Å². The number of thiazole rings is 1. The summed E-state index contributed by atoms with van der Waals surface area (Å²) in [5.41, 5.74) is 3.28. The van der Waals surface area contributed by atoms with Gasteiger partial charge in [-0.1, -0.05) is 11.6 Å². The molecule has 3 aromatic rings. The first kappa shape index (κ1) is 24.6. The highest BCUT2D eigenvalue weighted by Crippen LogP contribution is 2.36. The van der Waals surface area contributed by atoms with Crippen LogP contribution in [0.4, 0.5) is 5.13 Å². The number of anilines is 1. The number of hydrogen-bond donors (Lipinski definition) is 3. The van der Waals surface area contributed by atoms with Crippen LogP contribution >= 0.6 is 22.9 Å². The lowest BCUT2D eigenvalue weighted by molar-refractivity contribution is -0.127. The fraction of sp³-hybridized carbons (Fsp3) is 0.400. The van der Waals surface area contributed by atoms with E-state index in [0.29, 0.717) is 59.7 Å². The lowest BCUT2D eigenvalue weighted by Crippen LogP contribution is -2.49. The number of rotatable bonds is 6. The molecule has 11 heteroatoms. The predicted molar refractivity (Wildman–Crippen MR) is 137 cm³/mol. The molecule has 3 heterocycles. The second kappa shape index (κ2) is 10.1. The Hall–Kier alpha value is -3.08. The summed E-state index contributed by atoms with van der Waals surface area (Å²) in [6, 6.07) is 3.53. The first-order chi connectivity index (χ1) is 17.3. The number of aliphatic hydroxyl groups is 1. The standard InChI is InChI=1S/C25H26ClN5O4S/c1-12-5-16(17-9-22(26)28-11-20(17)35-2)18(10-27-12)24(34)31-25-30-19-4-3-13(6-21(19)36-25)23(33)29-14-7-15(32)8-14/h5,9-11,13-15,32H,3-4,6-8H2,1-2H3,(H,29,33)(H,30,31,34)/t13-,14?,15?/m1/s1. The van der Waals surface area contributed by atoms with E-state index in [9.17, 15) is 14.7 Å². The van der Waals surface area contributed by atoms with E-state index in [2.05, 4.69) is 25.6 Å². The number of pyridine rings is 2. The van der Waals surface area contributed by atoms with Crippen molar-refractivity contribution >= 4 is 39.9 Å². The Morgan fingerprint density at radius 1 is 1.19 bits per heavy atom. The van der Waals surface area contributed by atoms with Crippen molar-refractivity contribution < 1.29 is 19.4 Å². The molecule has 5 rings (SSSR count). The average molecular weight is 528 g/mol. The van der Waals surface area contributed by atoms with Crippen molar-refractivity contribution in [1.82, 2.24) is 20.3 Å². The number of nitrogens with zero attached hydrogens (tertiary/aromatic N) is 3. The van der Waals surface area contributed by atoms with E-state index < -0.39 is 0 Å². The number of fused-ring (bicyclic) bond motifs is 1. The molecule has 2 aliphatic rings. The third kappa shape index (κ3) is 5.07. The molecule has 2 aliphatic carbocycles. The van der Waals surface area contributed by atoms with Crippen LogP contribution in [-0.2, 0) is 17.6 Å². The van der Waals surface area contributed by atoms with E-state index >= 15 is 0 Å². The molecule has 2 amide bonds. The first-order valence-corrected chi connectivity index (χ1v) is 12.9. The molecule has 0 radical (unpaired) electrons. The van der Waals surface area contributed by atoms with Crippen LogP contribution in [0.15, 0.2) is 24.5 Å². The number of carbonyl (C=O) groups is 2. The predicted octanol–water partition coefficient (Wildman–Crippen LogP) is 3.57. The van der Waals surface area contributed by atoms with Crippen LogP contribution in [0.3, 0.4) is 0 Å². The van der Waals surface area contributed by atoms with E-state index in [1.54, 1.807) is 12.1 Å². The molecule has 188 valence electrons. The fourth-order valence-electron chi connectivity index (χ4n) is 4.60. The number of aliphatic hydroxyl groups excluding tert-OH is 1. The summed E-state index contributed by atoms with van der Waals surface area (Å²) in [5, 5.41) is 16.2. The van der Waals surface area contributed by atoms with Gasteiger partial charge in [-0.05, 0) is 51.2 Å². The third-order valence-corrected chi connectivity index (χ3v) is 7.86. The highest BCUT2D eigenvalue weighted by atomic mass is 35.5. The molecular formula is C25H26ClN5O4S.